The van der Waals surface area contributed by atoms with Gasteiger partial charge in [-0.15, -0.1) is 10.2 Å². The zero-order valence-electron chi connectivity index (χ0n) is 12.2. The highest BCUT2D eigenvalue weighted by Gasteiger charge is 2.15. The maximum absolute atomic E-state index is 5.87. The number of aromatic nitrogens is 4. The van der Waals surface area contributed by atoms with Crippen molar-refractivity contribution in [2.24, 2.45) is 7.05 Å². The predicted octanol–water partition coefficient (Wildman–Crippen LogP) is 1.58. The number of pyridine rings is 1. The minimum absolute atomic E-state index is 0.344. The molecule has 0 atom stereocenters. The summed E-state index contributed by atoms with van der Waals surface area (Å²) in [4.78, 5) is 4.37. The minimum Gasteiger partial charge on any atom is -0.470 e. The van der Waals surface area contributed by atoms with Crippen molar-refractivity contribution in [2.75, 3.05) is 11.1 Å². The van der Waals surface area contributed by atoms with Gasteiger partial charge in [-0.1, -0.05) is 0 Å². The molecule has 0 aliphatic heterocycles. The molecule has 0 saturated carbocycles. The third-order valence-electron chi connectivity index (χ3n) is 2.53. The monoisotopic (exact) mass is 276 g/mol. The molecule has 2 aromatic rings. The molecule has 0 amide bonds. The van der Waals surface area contributed by atoms with Crippen molar-refractivity contribution < 1.29 is 4.74 Å². The number of nitrogens with two attached hydrogens (primary N) is 1. The van der Waals surface area contributed by atoms with Crippen LogP contribution in [0.4, 0.5) is 11.5 Å². The van der Waals surface area contributed by atoms with E-state index in [2.05, 4.69) is 20.5 Å². The Kier molecular flexibility index (Phi) is 3.78. The molecule has 2 heterocycles. The third-order valence-corrected chi connectivity index (χ3v) is 2.53. The molecule has 3 N–H and O–H groups in total. The van der Waals surface area contributed by atoms with Crippen LogP contribution in [0.2, 0.25) is 0 Å². The Morgan fingerprint density at radius 3 is 2.70 bits per heavy atom. The molecular weight excluding hydrogens is 256 g/mol. The second-order valence-corrected chi connectivity index (χ2v) is 5.52. The van der Waals surface area contributed by atoms with Crippen LogP contribution in [-0.2, 0) is 13.6 Å². The van der Waals surface area contributed by atoms with Crippen LogP contribution in [0.1, 0.15) is 26.6 Å². The van der Waals surface area contributed by atoms with Gasteiger partial charge in [0.05, 0.1) is 12.2 Å². The van der Waals surface area contributed by atoms with Crippen molar-refractivity contribution >= 4 is 11.5 Å². The minimum atomic E-state index is -0.344. The first-order chi connectivity index (χ1) is 9.35. The van der Waals surface area contributed by atoms with Gasteiger partial charge in [0.1, 0.15) is 17.7 Å². The molecule has 2 rings (SSSR count). The molecule has 7 nitrogen and oxygen atoms in total. The van der Waals surface area contributed by atoms with Crippen LogP contribution in [0.3, 0.4) is 0 Å². The normalized spacial score (nSPS) is 11.4. The molecule has 2 aromatic heterocycles. The van der Waals surface area contributed by atoms with Crippen LogP contribution < -0.4 is 15.8 Å². The molecule has 0 spiro atoms. The summed E-state index contributed by atoms with van der Waals surface area (Å²) in [6.07, 6.45) is 1.65. The van der Waals surface area contributed by atoms with Gasteiger partial charge < -0.3 is 20.4 Å². The van der Waals surface area contributed by atoms with E-state index in [0.717, 1.165) is 5.82 Å². The number of nitrogens with zero attached hydrogens (tertiary/aromatic N) is 4. The Hall–Kier alpha value is -2.31. The topological polar surface area (TPSA) is 90.9 Å². The molecule has 7 heteroatoms. The number of nitrogen functional groups attached to an aromatic ring is 1. The lowest BCUT2D eigenvalue weighted by Gasteiger charge is -2.21. The molecule has 20 heavy (non-hydrogen) atoms. The lowest BCUT2D eigenvalue weighted by molar-refractivity contribution is 0.125. The summed E-state index contributed by atoms with van der Waals surface area (Å²) in [6, 6.07) is 3.58. The van der Waals surface area contributed by atoms with Gasteiger partial charge in [0.25, 0.3) is 0 Å². The lowest BCUT2D eigenvalue weighted by atomic mass is 10.2. The van der Waals surface area contributed by atoms with E-state index in [1.165, 1.54) is 0 Å². The van der Waals surface area contributed by atoms with E-state index in [0.29, 0.717) is 23.9 Å². The number of anilines is 2. The molecule has 0 radical (unpaired) electrons. The second-order valence-electron chi connectivity index (χ2n) is 5.52. The summed E-state index contributed by atoms with van der Waals surface area (Å²) in [5.41, 5.74) is 6.04. The van der Waals surface area contributed by atoms with E-state index in [1.807, 2.05) is 32.4 Å². The Morgan fingerprint density at radius 1 is 1.35 bits per heavy atom. The fourth-order valence-corrected chi connectivity index (χ4v) is 1.56. The van der Waals surface area contributed by atoms with Crippen LogP contribution in [0, 0.1) is 0 Å². The van der Waals surface area contributed by atoms with Gasteiger partial charge in [0, 0.05) is 7.05 Å². The van der Waals surface area contributed by atoms with E-state index in [1.54, 1.807) is 18.5 Å². The molecule has 0 unspecified atom stereocenters. The average molecular weight is 276 g/mol. The van der Waals surface area contributed by atoms with Crippen molar-refractivity contribution in [3.63, 3.8) is 0 Å². The summed E-state index contributed by atoms with van der Waals surface area (Å²) in [5, 5.41) is 11.0. The Labute approximate surface area is 118 Å². The van der Waals surface area contributed by atoms with Crippen molar-refractivity contribution in [2.45, 2.75) is 32.9 Å². The fourth-order valence-electron chi connectivity index (χ4n) is 1.56. The van der Waals surface area contributed by atoms with Crippen LogP contribution >= 0.6 is 0 Å². The first-order valence-corrected chi connectivity index (χ1v) is 6.37. The van der Waals surface area contributed by atoms with Crippen LogP contribution in [0.15, 0.2) is 18.5 Å². The van der Waals surface area contributed by atoms with Gasteiger partial charge >= 0.3 is 0 Å². The van der Waals surface area contributed by atoms with Crippen molar-refractivity contribution in [3.8, 4) is 5.88 Å². The highest BCUT2D eigenvalue weighted by atomic mass is 16.5. The molecule has 108 valence electrons. The Morgan fingerprint density at radius 2 is 2.10 bits per heavy atom. The zero-order valence-corrected chi connectivity index (χ0v) is 12.2. The molecule has 0 fully saturated rings. The number of rotatable bonds is 4. The number of ether oxygens (including phenoxy) is 1. The number of hydrogen-bond donors (Lipinski definition) is 2. The van der Waals surface area contributed by atoms with Crippen molar-refractivity contribution in [1.82, 2.24) is 19.7 Å². The standard InChI is InChI=1S/C13H20N6O/c1-13(2,3)20-12-9(14)5-6-10(17-12)15-7-11-18-16-8-19(11)4/h5-6,8H,7,14H2,1-4H3,(H,15,17). The van der Waals surface area contributed by atoms with Crippen LogP contribution in [0.5, 0.6) is 5.88 Å². The Balaban J connectivity index is 2.09. The SMILES string of the molecule is Cn1cnnc1CNc1ccc(N)c(OC(C)(C)C)n1. The fraction of sp³-hybridized carbons (Fsp3) is 0.462. The molecule has 0 saturated heterocycles. The molecule has 0 bridgehead atoms. The highest BCUT2D eigenvalue weighted by Crippen LogP contribution is 2.24. The highest BCUT2D eigenvalue weighted by molar-refractivity contribution is 5.53. The van der Waals surface area contributed by atoms with Crippen LogP contribution in [0.25, 0.3) is 0 Å². The smallest absolute Gasteiger partial charge is 0.239 e. The van der Waals surface area contributed by atoms with Gasteiger partial charge in [-0.05, 0) is 32.9 Å². The average Bonchev–Trinajstić information content (AvgIpc) is 2.74. The summed E-state index contributed by atoms with van der Waals surface area (Å²) < 4.78 is 7.57. The Bertz CT molecular complexity index is 587. The van der Waals surface area contributed by atoms with E-state index in [4.69, 9.17) is 10.5 Å². The summed E-state index contributed by atoms with van der Waals surface area (Å²) in [6.45, 7) is 6.39. The van der Waals surface area contributed by atoms with Crippen molar-refractivity contribution in [3.05, 3.63) is 24.3 Å². The van der Waals surface area contributed by atoms with Gasteiger partial charge in [-0.2, -0.15) is 4.98 Å². The molecule has 0 aliphatic rings. The first-order valence-electron chi connectivity index (χ1n) is 6.37. The number of aryl methyl sites for hydroxylation is 1. The van der Waals surface area contributed by atoms with Gasteiger partial charge in [-0.25, -0.2) is 0 Å². The third kappa shape index (κ3) is 3.59. The molecule has 0 aromatic carbocycles. The number of nitrogens with one attached hydrogen (secondary N) is 1. The van der Waals surface area contributed by atoms with E-state index in [9.17, 15) is 0 Å². The largest absolute Gasteiger partial charge is 0.470 e. The molecule has 0 aliphatic carbocycles. The van der Waals surface area contributed by atoms with Gasteiger partial charge in [0.15, 0.2) is 5.82 Å². The summed E-state index contributed by atoms with van der Waals surface area (Å²) >= 11 is 0. The maximum Gasteiger partial charge on any atom is 0.239 e. The summed E-state index contributed by atoms with van der Waals surface area (Å²) in [5.74, 6) is 1.93. The molecular formula is C13H20N6O. The second kappa shape index (κ2) is 5.36. The van der Waals surface area contributed by atoms with Gasteiger partial charge in [-0.3, -0.25) is 0 Å². The lowest BCUT2D eigenvalue weighted by Crippen LogP contribution is -2.24. The van der Waals surface area contributed by atoms with E-state index < -0.39 is 0 Å². The maximum atomic E-state index is 5.87. The zero-order chi connectivity index (χ0) is 14.8. The van der Waals surface area contributed by atoms with E-state index >= 15 is 0 Å². The number of hydrogen-bond acceptors (Lipinski definition) is 6. The first kappa shape index (κ1) is 14.1. The van der Waals surface area contributed by atoms with Gasteiger partial charge in [0.2, 0.25) is 5.88 Å². The van der Waals surface area contributed by atoms with Crippen molar-refractivity contribution in [1.29, 1.82) is 0 Å². The quantitative estimate of drug-likeness (QED) is 0.881. The predicted molar refractivity (Wildman–Crippen MR) is 77.4 cm³/mol. The van der Waals surface area contributed by atoms with E-state index in [-0.39, 0.29) is 5.60 Å². The van der Waals surface area contributed by atoms with Crippen LogP contribution in [-0.4, -0.2) is 25.3 Å². The summed E-state index contributed by atoms with van der Waals surface area (Å²) in [7, 11) is 1.89.